The van der Waals surface area contributed by atoms with E-state index in [1.165, 1.54) is 19.4 Å². The number of aryl methyl sites for hydroxylation is 2. The Morgan fingerprint density at radius 3 is 2.70 bits per heavy atom. The van der Waals surface area contributed by atoms with Gasteiger partial charge in [0.15, 0.2) is 0 Å². The van der Waals surface area contributed by atoms with Crippen molar-refractivity contribution < 1.29 is 9.21 Å². The molecular formula is C16H24N2O2. The molecule has 0 bridgehead atoms. The van der Waals surface area contributed by atoms with E-state index < -0.39 is 0 Å². The number of carbonyl (C=O) groups excluding carboxylic acids is 1. The summed E-state index contributed by atoms with van der Waals surface area (Å²) in [7, 11) is 2.19. The molecule has 1 spiro atoms. The smallest absolute Gasteiger partial charge is 0.257 e. The third kappa shape index (κ3) is 2.37. The summed E-state index contributed by atoms with van der Waals surface area (Å²) < 4.78 is 5.49. The van der Waals surface area contributed by atoms with Crippen molar-refractivity contribution in [2.75, 3.05) is 33.2 Å². The molecule has 2 aliphatic rings. The molecule has 3 heterocycles. The fourth-order valence-corrected chi connectivity index (χ4v) is 3.91. The minimum absolute atomic E-state index is 0.143. The fraction of sp³-hybridized carbons (Fsp3) is 0.688. The Morgan fingerprint density at radius 1 is 1.25 bits per heavy atom. The van der Waals surface area contributed by atoms with Gasteiger partial charge in [0.1, 0.15) is 11.5 Å². The number of nitrogens with zero attached hydrogens (tertiary/aromatic N) is 2. The highest BCUT2D eigenvalue weighted by Gasteiger charge is 2.42. The van der Waals surface area contributed by atoms with Crippen LogP contribution in [0.3, 0.4) is 0 Å². The van der Waals surface area contributed by atoms with Crippen LogP contribution in [0.4, 0.5) is 0 Å². The molecule has 1 aromatic rings. The summed E-state index contributed by atoms with van der Waals surface area (Å²) in [6, 6.07) is 1.87. The zero-order chi connectivity index (χ0) is 14.3. The molecule has 3 rings (SSSR count). The van der Waals surface area contributed by atoms with Gasteiger partial charge in [0.05, 0.1) is 5.56 Å². The zero-order valence-corrected chi connectivity index (χ0v) is 12.7. The molecule has 20 heavy (non-hydrogen) atoms. The van der Waals surface area contributed by atoms with Crippen molar-refractivity contribution in [3.8, 4) is 0 Å². The van der Waals surface area contributed by atoms with Crippen molar-refractivity contribution in [2.24, 2.45) is 5.41 Å². The number of amides is 1. The quantitative estimate of drug-likeness (QED) is 0.790. The number of piperidine rings is 1. The van der Waals surface area contributed by atoms with E-state index in [9.17, 15) is 4.79 Å². The van der Waals surface area contributed by atoms with E-state index in [0.29, 0.717) is 5.41 Å². The first kappa shape index (κ1) is 13.7. The molecular weight excluding hydrogens is 252 g/mol. The van der Waals surface area contributed by atoms with E-state index in [0.717, 1.165) is 43.1 Å². The number of likely N-dealkylation sites (tertiary alicyclic amines) is 2. The van der Waals surface area contributed by atoms with Crippen molar-refractivity contribution in [2.45, 2.75) is 33.1 Å². The average Bonchev–Trinajstić information content (AvgIpc) is 2.93. The van der Waals surface area contributed by atoms with Crippen LogP contribution in [-0.4, -0.2) is 48.9 Å². The molecule has 1 amide bonds. The van der Waals surface area contributed by atoms with Gasteiger partial charge in [0, 0.05) is 25.0 Å². The van der Waals surface area contributed by atoms with Crippen molar-refractivity contribution in [1.29, 1.82) is 0 Å². The highest BCUT2D eigenvalue weighted by molar-refractivity contribution is 5.95. The second-order valence-corrected chi connectivity index (χ2v) is 6.64. The highest BCUT2D eigenvalue weighted by Crippen LogP contribution is 2.39. The highest BCUT2D eigenvalue weighted by atomic mass is 16.3. The van der Waals surface area contributed by atoms with Crippen LogP contribution in [0, 0.1) is 19.3 Å². The van der Waals surface area contributed by atoms with Gasteiger partial charge in [-0.05, 0) is 52.8 Å². The molecule has 0 aromatic carbocycles. The van der Waals surface area contributed by atoms with Crippen molar-refractivity contribution in [1.82, 2.24) is 9.80 Å². The minimum Gasteiger partial charge on any atom is -0.466 e. The molecule has 0 saturated carbocycles. The van der Waals surface area contributed by atoms with Crippen LogP contribution in [0.2, 0.25) is 0 Å². The Kier molecular flexibility index (Phi) is 3.36. The van der Waals surface area contributed by atoms with Crippen molar-refractivity contribution >= 4 is 5.91 Å². The molecule has 4 nitrogen and oxygen atoms in total. The molecule has 4 heteroatoms. The summed E-state index contributed by atoms with van der Waals surface area (Å²) in [6.07, 6.45) is 3.64. The molecule has 2 fully saturated rings. The summed E-state index contributed by atoms with van der Waals surface area (Å²) >= 11 is 0. The van der Waals surface area contributed by atoms with E-state index in [4.69, 9.17) is 4.42 Å². The first-order valence-corrected chi connectivity index (χ1v) is 7.54. The number of carbonyl (C=O) groups is 1. The first-order chi connectivity index (χ1) is 9.49. The average molecular weight is 276 g/mol. The van der Waals surface area contributed by atoms with Crippen LogP contribution < -0.4 is 0 Å². The van der Waals surface area contributed by atoms with Gasteiger partial charge in [-0.15, -0.1) is 0 Å². The van der Waals surface area contributed by atoms with E-state index in [-0.39, 0.29) is 5.91 Å². The van der Waals surface area contributed by atoms with Gasteiger partial charge in [-0.2, -0.15) is 0 Å². The van der Waals surface area contributed by atoms with Gasteiger partial charge < -0.3 is 14.2 Å². The molecule has 1 aromatic heterocycles. The maximum absolute atomic E-state index is 12.6. The predicted molar refractivity (Wildman–Crippen MR) is 77.9 cm³/mol. The maximum atomic E-state index is 12.6. The number of furan rings is 1. The molecule has 110 valence electrons. The van der Waals surface area contributed by atoms with E-state index in [2.05, 4.69) is 11.9 Å². The van der Waals surface area contributed by atoms with E-state index in [1.807, 2.05) is 24.8 Å². The minimum atomic E-state index is 0.143. The molecule has 0 unspecified atom stereocenters. The SMILES string of the molecule is Cc1cc(C(=O)N2CC[C@@]3(CCCN(C)C3)C2)c(C)o1. The third-order valence-electron chi connectivity index (χ3n) is 4.85. The molecule has 0 N–H and O–H groups in total. The third-order valence-corrected chi connectivity index (χ3v) is 4.85. The molecule has 2 aliphatic heterocycles. The predicted octanol–water partition coefficient (Wildman–Crippen LogP) is 2.45. The molecule has 0 radical (unpaired) electrons. The van der Waals surface area contributed by atoms with Gasteiger partial charge in [0.2, 0.25) is 0 Å². The summed E-state index contributed by atoms with van der Waals surface area (Å²) in [5.74, 6) is 1.70. The van der Waals surface area contributed by atoms with Crippen molar-refractivity contribution in [3.05, 3.63) is 23.2 Å². The standard InChI is InChI=1S/C16H24N2O2/c1-12-9-14(13(2)20-12)15(19)18-8-6-16(11-18)5-4-7-17(3)10-16/h9H,4-8,10-11H2,1-3H3/t16-/m1/s1. The zero-order valence-electron chi connectivity index (χ0n) is 12.7. The second-order valence-electron chi connectivity index (χ2n) is 6.64. The maximum Gasteiger partial charge on any atom is 0.257 e. The molecule has 0 aliphatic carbocycles. The Balaban J connectivity index is 1.74. The summed E-state index contributed by atoms with van der Waals surface area (Å²) in [5.41, 5.74) is 1.07. The van der Waals surface area contributed by atoms with Gasteiger partial charge in [-0.3, -0.25) is 4.79 Å². The van der Waals surface area contributed by atoms with Crippen LogP contribution >= 0.6 is 0 Å². The number of hydrogen-bond donors (Lipinski definition) is 0. The Bertz CT molecular complexity index is 523. The van der Waals surface area contributed by atoms with Crippen LogP contribution in [0.5, 0.6) is 0 Å². The Labute approximate surface area is 120 Å². The summed E-state index contributed by atoms with van der Waals surface area (Å²) in [6.45, 7) is 7.87. The van der Waals surface area contributed by atoms with Crippen LogP contribution in [0.25, 0.3) is 0 Å². The Hall–Kier alpha value is -1.29. The lowest BCUT2D eigenvalue weighted by atomic mass is 9.79. The van der Waals surface area contributed by atoms with E-state index >= 15 is 0 Å². The number of rotatable bonds is 1. The normalized spacial score (nSPS) is 27.4. The van der Waals surface area contributed by atoms with Gasteiger partial charge in [-0.1, -0.05) is 0 Å². The van der Waals surface area contributed by atoms with Crippen LogP contribution in [-0.2, 0) is 0 Å². The second kappa shape index (κ2) is 4.92. The first-order valence-electron chi connectivity index (χ1n) is 7.54. The van der Waals surface area contributed by atoms with Gasteiger partial charge in [0.25, 0.3) is 5.91 Å². The summed E-state index contributed by atoms with van der Waals surface area (Å²) in [4.78, 5) is 17.1. The topological polar surface area (TPSA) is 36.7 Å². The van der Waals surface area contributed by atoms with Gasteiger partial charge >= 0.3 is 0 Å². The van der Waals surface area contributed by atoms with E-state index in [1.54, 1.807) is 0 Å². The monoisotopic (exact) mass is 276 g/mol. The summed E-state index contributed by atoms with van der Waals surface area (Å²) in [5, 5.41) is 0. The van der Waals surface area contributed by atoms with Crippen LogP contribution in [0.15, 0.2) is 10.5 Å². The lowest BCUT2D eigenvalue weighted by Gasteiger charge is -2.38. The molecule has 1 atom stereocenters. The lowest BCUT2D eigenvalue weighted by Crippen LogP contribution is -2.43. The molecule has 2 saturated heterocycles. The Morgan fingerprint density at radius 2 is 2.05 bits per heavy atom. The van der Waals surface area contributed by atoms with Crippen molar-refractivity contribution in [3.63, 3.8) is 0 Å². The largest absolute Gasteiger partial charge is 0.466 e. The number of hydrogen-bond acceptors (Lipinski definition) is 3. The fourth-order valence-electron chi connectivity index (χ4n) is 3.91. The van der Waals surface area contributed by atoms with Gasteiger partial charge in [-0.25, -0.2) is 0 Å². The van der Waals surface area contributed by atoms with Crippen LogP contribution in [0.1, 0.15) is 41.1 Å². The lowest BCUT2D eigenvalue weighted by molar-refractivity contribution is 0.0721.